The number of aromatic nitrogens is 2. The number of piperidine rings is 1. The third-order valence-electron chi connectivity index (χ3n) is 3.82. The van der Waals surface area contributed by atoms with Crippen molar-refractivity contribution in [2.75, 3.05) is 13.1 Å². The molecule has 5 heteroatoms. The molecule has 1 saturated heterocycles. The Hall–Kier alpha value is -1.36. The molecule has 2 N–H and O–H groups in total. The van der Waals surface area contributed by atoms with Crippen LogP contribution in [0.4, 0.5) is 0 Å². The van der Waals surface area contributed by atoms with Crippen LogP contribution in [0.25, 0.3) is 0 Å². The van der Waals surface area contributed by atoms with E-state index in [0.717, 1.165) is 25.9 Å². The van der Waals surface area contributed by atoms with E-state index in [1.807, 2.05) is 4.90 Å². The van der Waals surface area contributed by atoms with Crippen LogP contribution in [-0.2, 0) is 0 Å². The molecule has 2 fully saturated rings. The number of amides is 1. The van der Waals surface area contributed by atoms with Gasteiger partial charge in [0.2, 0.25) is 0 Å². The fraction of sp³-hybridized carbons (Fsp3) is 0.692. The van der Waals surface area contributed by atoms with Crippen molar-refractivity contribution < 1.29 is 4.79 Å². The monoisotopic (exact) mass is 248 g/mol. The third kappa shape index (κ3) is 2.56. The van der Waals surface area contributed by atoms with Crippen LogP contribution >= 0.6 is 0 Å². The summed E-state index contributed by atoms with van der Waals surface area (Å²) in [7, 11) is 0. The molecular weight excluding hydrogens is 228 g/mol. The van der Waals surface area contributed by atoms with Gasteiger partial charge in [0, 0.05) is 24.8 Å². The lowest BCUT2D eigenvalue weighted by atomic mass is 10.0. The average Bonchev–Trinajstić information content (AvgIpc) is 3.10. The van der Waals surface area contributed by atoms with Crippen LogP contribution in [0.15, 0.2) is 12.4 Å². The SMILES string of the molecule is O=C(c1cn[nH]c1)N(CC1CCCCN1)C1CC1. The Morgan fingerprint density at radius 3 is 2.89 bits per heavy atom. The van der Waals surface area contributed by atoms with E-state index >= 15 is 0 Å². The van der Waals surface area contributed by atoms with Gasteiger partial charge in [-0.15, -0.1) is 0 Å². The zero-order chi connectivity index (χ0) is 12.4. The van der Waals surface area contributed by atoms with Crippen molar-refractivity contribution in [2.45, 2.75) is 44.2 Å². The average molecular weight is 248 g/mol. The molecule has 1 aromatic rings. The summed E-state index contributed by atoms with van der Waals surface area (Å²) in [5, 5.41) is 10.1. The molecule has 1 aliphatic heterocycles. The molecule has 98 valence electrons. The Balaban J connectivity index is 1.66. The van der Waals surface area contributed by atoms with E-state index in [1.165, 1.54) is 19.3 Å². The van der Waals surface area contributed by atoms with Gasteiger partial charge >= 0.3 is 0 Å². The number of H-pyrrole nitrogens is 1. The van der Waals surface area contributed by atoms with E-state index in [-0.39, 0.29) is 5.91 Å². The minimum Gasteiger partial charge on any atom is -0.334 e. The molecule has 1 amide bonds. The number of carbonyl (C=O) groups excluding carboxylic acids is 1. The normalized spacial score (nSPS) is 23.9. The third-order valence-corrected chi connectivity index (χ3v) is 3.82. The van der Waals surface area contributed by atoms with Gasteiger partial charge in [-0.2, -0.15) is 5.10 Å². The van der Waals surface area contributed by atoms with Gasteiger partial charge in [0.1, 0.15) is 0 Å². The van der Waals surface area contributed by atoms with Crippen molar-refractivity contribution in [2.24, 2.45) is 0 Å². The highest BCUT2D eigenvalue weighted by atomic mass is 16.2. The van der Waals surface area contributed by atoms with E-state index in [2.05, 4.69) is 15.5 Å². The molecule has 1 atom stereocenters. The maximum absolute atomic E-state index is 12.4. The molecule has 0 aromatic carbocycles. The van der Waals surface area contributed by atoms with Crippen molar-refractivity contribution in [3.05, 3.63) is 18.0 Å². The topological polar surface area (TPSA) is 61.0 Å². The van der Waals surface area contributed by atoms with Crippen LogP contribution in [0.2, 0.25) is 0 Å². The highest BCUT2D eigenvalue weighted by Crippen LogP contribution is 2.29. The first-order chi connectivity index (χ1) is 8.84. The maximum atomic E-state index is 12.4. The van der Waals surface area contributed by atoms with E-state index in [4.69, 9.17) is 0 Å². The summed E-state index contributed by atoms with van der Waals surface area (Å²) in [5.74, 6) is 0.124. The number of carbonyl (C=O) groups is 1. The molecular formula is C13H20N4O. The maximum Gasteiger partial charge on any atom is 0.257 e. The number of rotatable bonds is 4. The second kappa shape index (κ2) is 5.10. The van der Waals surface area contributed by atoms with Gasteiger partial charge in [-0.3, -0.25) is 9.89 Å². The first kappa shape index (κ1) is 11.7. The van der Waals surface area contributed by atoms with Gasteiger partial charge in [0.25, 0.3) is 5.91 Å². The first-order valence-corrected chi connectivity index (χ1v) is 6.88. The van der Waals surface area contributed by atoms with Gasteiger partial charge in [-0.25, -0.2) is 0 Å². The molecule has 1 unspecified atom stereocenters. The van der Waals surface area contributed by atoms with Gasteiger partial charge in [0.05, 0.1) is 11.8 Å². The number of nitrogens with zero attached hydrogens (tertiary/aromatic N) is 2. The minimum absolute atomic E-state index is 0.124. The molecule has 0 radical (unpaired) electrons. The second-order valence-electron chi connectivity index (χ2n) is 5.32. The lowest BCUT2D eigenvalue weighted by Crippen LogP contribution is -2.46. The van der Waals surface area contributed by atoms with Gasteiger partial charge in [0.15, 0.2) is 0 Å². The molecule has 1 aliphatic carbocycles. The molecule has 3 rings (SSSR count). The minimum atomic E-state index is 0.124. The molecule has 2 aliphatic rings. The molecule has 2 heterocycles. The van der Waals surface area contributed by atoms with Crippen molar-refractivity contribution in [1.82, 2.24) is 20.4 Å². The van der Waals surface area contributed by atoms with Crippen LogP contribution in [0, 0.1) is 0 Å². The number of hydrogen-bond acceptors (Lipinski definition) is 3. The smallest absolute Gasteiger partial charge is 0.257 e. The summed E-state index contributed by atoms with van der Waals surface area (Å²) in [6.45, 7) is 1.93. The first-order valence-electron chi connectivity index (χ1n) is 6.88. The lowest BCUT2D eigenvalue weighted by Gasteiger charge is -2.30. The fourth-order valence-corrected chi connectivity index (χ4v) is 2.63. The summed E-state index contributed by atoms with van der Waals surface area (Å²) < 4.78 is 0. The number of aromatic amines is 1. The Bertz CT molecular complexity index is 393. The van der Waals surface area contributed by atoms with E-state index in [0.29, 0.717) is 17.6 Å². The highest BCUT2D eigenvalue weighted by molar-refractivity contribution is 5.94. The van der Waals surface area contributed by atoms with Crippen molar-refractivity contribution in [1.29, 1.82) is 0 Å². The highest BCUT2D eigenvalue weighted by Gasteiger charge is 2.34. The van der Waals surface area contributed by atoms with E-state index in [9.17, 15) is 4.79 Å². The number of hydrogen-bond donors (Lipinski definition) is 2. The van der Waals surface area contributed by atoms with E-state index < -0.39 is 0 Å². The molecule has 1 saturated carbocycles. The summed E-state index contributed by atoms with van der Waals surface area (Å²) in [4.78, 5) is 14.4. The quantitative estimate of drug-likeness (QED) is 0.840. The predicted octanol–water partition coefficient (Wildman–Crippen LogP) is 1.16. The molecule has 1 aromatic heterocycles. The van der Waals surface area contributed by atoms with Gasteiger partial charge in [-0.1, -0.05) is 6.42 Å². The molecule has 0 spiro atoms. The Kier molecular flexibility index (Phi) is 3.32. The number of nitrogens with one attached hydrogen (secondary N) is 2. The van der Waals surface area contributed by atoms with Crippen LogP contribution < -0.4 is 5.32 Å². The predicted molar refractivity (Wildman–Crippen MR) is 68.3 cm³/mol. The van der Waals surface area contributed by atoms with Crippen LogP contribution in [0.3, 0.4) is 0 Å². The van der Waals surface area contributed by atoms with Gasteiger partial charge < -0.3 is 10.2 Å². The molecule has 5 nitrogen and oxygen atoms in total. The van der Waals surface area contributed by atoms with Gasteiger partial charge in [-0.05, 0) is 32.2 Å². The summed E-state index contributed by atoms with van der Waals surface area (Å²) in [6.07, 6.45) is 9.32. The fourth-order valence-electron chi connectivity index (χ4n) is 2.63. The van der Waals surface area contributed by atoms with Crippen molar-refractivity contribution in [3.8, 4) is 0 Å². The van der Waals surface area contributed by atoms with E-state index in [1.54, 1.807) is 12.4 Å². The molecule has 0 bridgehead atoms. The Morgan fingerprint density at radius 2 is 2.28 bits per heavy atom. The summed E-state index contributed by atoms with van der Waals surface area (Å²) in [5.41, 5.74) is 0.678. The Morgan fingerprint density at radius 1 is 1.39 bits per heavy atom. The lowest BCUT2D eigenvalue weighted by molar-refractivity contribution is 0.0718. The second-order valence-corrected chi connectivity index (χ2v) is 5.32. The zero-order valence-electron chi connectivity index (χ0n) is 10.6. The largest absolute Gasteiger partial charge is 0.334 e. The van der Waals surface area contributed by atoms with Crippen LogP contribution in [0.5, 0.6) is 0 Å². The van der Waals surface area contributed by atoms with Crippen molar-refractivity contribution >= 4 is 5.91 Å². The van der Waals surface area contributed by atoms with Crippen LogP contribution in [-0.4, -0.2) is 46.2 Å². The zero-order valence-corrected chi connectivity index (χ0v) is 10.6. The van der Waals surface area contributed by atoms with Crippen LogP contribution in [0.1, 0.15) is 42.5 Å². The summed E-state index contributed by atoms with van der Waals surface area (Å²) in [6, 6.07) is 0.923. The standard InChI is InChI=1S/C13H20N4O/c18-13(10-7-15-16-8-10)17(12-4-5-12)9-11-3-1-2-6-14-11/h7-8,11-12,14H,1-6,9H2,(H,15,16). The molecule has 18 heavy (non-hydrogen) atoms. The van der Waals surface area contributed by atoms with Crippen molar-refractivity contribution in [3.63, 3.8) is 0 Å². The Labute approximate surface area is 107 Å². The summed E-state index contributed by atoms with van der Waals surface area (Å²) >= 11 is 0.